The smallest absolute Gasteiger partial charge is 0.310 e. The summed E-state index contributed by atoms with van der Waals surface area (Å²) in [5, 5.41) is 12.4. The fourth-order valence-corrected chi connectivity index (χ4v) is 2.11. The molecule has 2 atom stereocenters. The van der Waals surface area contributed by atoms with Gasteiger partial charge in [0.2, 0.25) is 0 Å². The number of rotatable bonds is 6. The lowest BCUT2D eigenvalue weighted by atomic mass is 10.00. The van der Waals surface area contributed by atoms with E-state index < -0.39 is 11.9 Å². The predicted octanol–water partition coefficient (Wildman–Crippen LogP) is 3.12. The van der Waals surface area contributed by atoms with E-state index in [-0.39, 0.29) is 6.04 Å². The van der Waals surface area contributed by atoms with Gasteiger partial charge in [-0.3, -0.25) is 9.78 Å². The summed E-state index contributed by atoms with van der Waals surface area (Å²) in [5.74, 6) is -1.27. The number of aliphatic carboxylic acids is 1. The lowest BCUT2D eigenvalue weighted by molar-refractivity contribution is -0.138. The van der Waals surface area contributed by atoms with Crippen LogP contribution in [0.15, 0.2) is 48.8 Å². The number of hydrogen-bond acceptors (Lipinski definition) is 3. The van der Waals surface area contributed by atoms with Gasteiger partial charge >= 0.3 is 5.97 Å². The number of nitrogens with zero attached hydrogens (tertiary/aromatic N) is 1. The van der Waals surface area contributed by atoms with Crippen LogP contribution in [0.1, 0.15) is 42.5 Å². The van der Waals surface area contributed by atoms with Crippen molar-refractivity contribution in [1.82, 2.24) is 10.3 Å². The van der Waals surface area contributed by atoms with Crippen molar-refractivity contribution in [3.63, 3.8) is 0 Å². The Labute approximate surface area is 124 Å². The average Bonchev–Trinajstić information content (AvgIpc) is 2.53. The van der Waals surface area contributed by atoms with Gasteiger partial charge in [-0.05, 0) is 42.7 Å². The molecule has 0 saturated carbocycles. The summed E-state index contributed by atoms with van der Waals surface area (Å²) in [6.45, 7) is 4.54. The Morgan fingerprint density at radius 3 is 2.29 bits per heavy atom. The minimum absolute atomic E-state index is 0.241. The van der Waals surface area contributed by atoms with Crippen molar-refractivity contribution in [3.05, 3.63) is 65.5 Å². The van der Waals surface area contributed by atoms with Crippen molar-refractivity contribution in [2.75, 3.05) is 0 Å². The van der Waals surface area contributed by atoms with Crippen LogP contribution in [0, 0.1) is 0 Å². The molecule has 2 rings (SSSR count). The van der Waals surface area contributed by atoms with Gasteiger partial charge in [-0.1, -0.05) is 24.3 Å². The summed E-state index contributed by atoms with van der Waals surface area (Å²) in [5.41, 5.74) is 3.16. The van der Waals surface area contributed by atoms with Crippen molar-refractivity contribution < 1.29 is 9.90 Å². The lowest BCUT2D eigenvalue weighted by Crippen LogP contribution is -2.18. The fourth-order valence-electron chi connectivity index (χ4n) is 2.11. The van der Waals surface area contributed by atoms with E-state index in [4.69, 9.17) is 5.11 Å². The van der Waals surface area contributed by atoms with Gasteiger partial charge in [-0.2, -0.15) is 0 Å². The summed E-state index contributed by atoms with van der Waals surface area (Å²) >= 11 is 0. The van der Waals surface area contributed by atoms with Gasteiger partial charge in [0, 0.05) is 25.0 Å². The Kier molecular flexibility index (Phi) is 5.06. The quantitative estimate of drug-likeness (QED) is 0.855. The predicted molar refractivity (Wildman–Crippen MR) is 82.0 cm³/mol. The van der Waals surface area contributed by atoms with Gasteiger partial charge in [0.05, 0.1) is 5.92 Å². The molecular weight excluding hydrogens is 264 g/mol. The number of aromatic nitrogens is 1. The summed E-state index contributed by atoms with van der Waals surface area (Å²) < 4.78 is 0. The molecule has 0 amide bonds. The number of pyridine rings is 1. The number of nitrogens with one attached hydrogen (secondary N) is 1. The second-order valence-corrected chi connectivity index (χ2v) is 5.18. The number of carbonyl (C=O) groups is 1. The van der Waals surface area contributed by atoms with E-state index in [0.717, 1.165) is 17.7 Å². The Morgan fingerprint density at radius 1 is 1.10 bits per heavy atom. The van der Waals surface area contributed by atoms with Crippen LogP contribution in [0.3, 0.4) is 0 Å². The van der Waals surface area contributed by atoms with Gasteiger partial charge < -0.3 is 10.4 Å². The monoisotopic (exact) mass is 284 g/mol. The summed E-state index contributed by atoms with van der Waals surface area (Å²) in [6, 6.07) is 11.9. The summed E-state index contributed by atoms with van der Waals surface area (Å²) in [6.07, 6.45) is 3.57. The van der Waals surface area contributed by atoms with Gasteiger partial charge in [0.25, 0.3) is 0 Å². The standard InChI is InChI=1S/C17H20N2O2/c1-12(17(20)21)15-5-3-14(4-6-15)11-19-13(2)16-7-9-18-10-8-16/h3-10,12-13,19H,11H2,1-2H3,(H,20,21). The summed E-state index contributed by atoms with van der Waals surface area (Å²) in [7, 11) is 0. The van der Waals surface area contributed by atoms with Crippen LogP contribution in [0.2, 0.25) is 0 Å². The molecule has 0 aliphatic heterocycles. The zero-order chi connectivity index (χ0) is 15.2. The molecule has 2 unspecified atom stereocenters. The molecule has 0 fully saturated rings. The number of carboxylic acids is 1. The third-order valence-corrected chi connectivity index (χ3v) is 3.67. The molecule has 2 N–H and O–H groups in total. The second kappa shape index (κ2) is 6.99. The average molecular weight is 284 g/mol. The van der Waals surface area contributed by atoms with E-state index >= 15 is 0 Å². The maximum absolute atomic E-state index is 10.9. The SMILES string of the molecule is CC(NCc1ccc(C(C)C(=O)O)cc1)c1ccncc1. The molecule has 1 heterocycles. The third-order valence-electron chi connectivity index (χ3n) is 3.67. The normalized spacial score (nSPS) is 13.6. The third kappa shape index (κ3) is 4.13. The van der Waals surface area contributed by atoms with E-state index in [1.807, 2.05) is 36.4 Å². The van der Waals surface area contributed by atoms with Crippen molar-refractivity contribution in [2.24, 2.45) is 0 Å². The fraction of sp³-hybridized carbons (Fsp3) is 0.294. The van der Waals surface area contributed by atoms with E-state index in [2.05, 4.69) is 17.2 Å². The Hall–Kier alpha value is -2.20. The van der Waals surface area contributed by atoms with Gasteiger partial charge in [-0.25, -0.2) is 0 Å². The topological polar surface area (TPSA) is 62.2 Å². The molecule has 0 radical (unpaired) electrons. The van der Waals surface area contributed by atoms with Crippen LogP contribution >= 0.6 is 0 Å². The zero-order valence-electron chi connectivity index (χ0n) is 12.3. The molecule has 110 valence electrons. The van der Waals surface area contributed by atoms with Crippen LogP contribution in [0.4, 0.5) is 0 Å². The van der Waals surface area contributed by atoms with E-state index in [1.54, 1.807) is 19.3 Å². The molecule has 2 aromatic rings. The molecule has 0 aliphatic rings. The molecule has 0 bridgehead atoms. The van der Waals surface area contributed by atoms with Crippen LogP contribution in [-0.2, 0) is 11.3 Å². The van der Waals surface area contributed by atoms with Gasteiger partial charge in [0.15, 0.2) is 0 Å². The molecule has 0 saturated heterocycles. The molecule has 21 heavy (non-hydrogen) atoms. The molecule has 1 aromatic carbocycles. The van der Waals surface area contributed by atoms with Crippen LogP contribution in [-0.4, -0.2) is 16.1 Å². The van der Waals surface area contributed by atoms with Crippen LogP contribution in [0.5, 0.6) is 0 Å². The molecule has 0 spiro atoms. The molecule has 0 aliphatic carbocycles. The highest BCUT2D eigenvalue weighted by atomic mass is 16.4. The number of carboxylic acid groups (broad SMARTS) is 1. The minimum atomic E-state index is -0.799. The van der Waals surface area contributed by atoms with Gasteiger partial charge in [-0.15, -0.1) is 0 Å². The van der Waals surface area contributed by atoms with Crippen molar-refractivity contribution in [2.45, 2.75) is 32.4 Å². The van der Waals surface area contributed by atoms with E-state index in [1.165, 1.54) is 5.56 Å². The minimum Gasteiger partial charge on any atom is -0.481 e. The number of hydrogen-bond donors (Lipinski definition) is 2. The second-order valence-electron chi connectivity index (χ2n) is 5.18. The maximum atomic E-state index is 10.9. The first-order valence-electron chi connectivity index (χ1n) is 7.03. The Morgan fingerprint density at radius 2 is 1.71 bits per heavy atom. The molecule has 4 nitrogen and oxygen atoms in total. The summed E-state index contributed by atoms with van der Waals surface area (Å²) in [4.78, 5) is 14.9. The highest BCUT2D eigenvalue weighted by Crippen LogP contribution is 2.17. The lowest BCUT2D eigenvalue weighted by Gasteiger charge is -2.14. The van der Waals surface area contributed by atoms with Crippen LogP contribution < -0.4 is 5.32 Å². The Bertz CT molecular complexity index is 581. The van der Waals surface area contributed by atoms with Crippen molar-refractivity contribution in [1.29, 1.82) is 0 Å². The highest BCUT2D eigenvalue weighted by molar-refractivity contribution is 5.75. The Balaban J connectivity index is 1.93. The maximum Gasteiger partial charge on any atom is 0.310 e. The molecule has 1 aromatic heterocycles. The molecule has 4 heteroatoms. The van der Waals surface area contributed by atoms with Gasteiger partial charge in [0.1, 0.15) is 0 Å². The van der Waals surface area contributed by atoms with E-state index in [9.17, 15) is 4.79 Å². The van der Waals surface area contributed by atoms with Crippen molar-refractivity contribution >= 4 is 5.97 Å². The zero-order valence-corrected chi connectivity index (χ0v) is 12.3. The van der Waals surface area contributed by atoms with Crippen LogP contribution in [0.25, 0.3) is 0 Å². The first-order chi connectivity index (χ1) is 10.1. The first kappa shape index (κ1) is 15.2. The number of benzene rings is 1. The molecular formula is C17H20N2O2. The largest absolute Gasteiger partial charge is 0.481 e. The van der Waals surface area contributed by atoms with Crippen molar-refractivity contribution in [3.8, 4) is 0 Å². The first-order valence-corrected chi connectivity index (χ1v) is 7.03. The highest BCUT2D eigenvalue weighted by Gasteiger charge is 2.13. The van der Waals surface area contributed by atoms with E-state index in [0.29, 0.717) is 0 Å².